The van der Waals surface area contributed by atoms with Crippen molar-refractivity contribution in [2.45, 2.75) is 27.1 Å². The smallest absolute Gasteiger partial charge is 0.205 e. The molecule has 2 aromatic carbocycles. The van der Waals surface area contributed by atoms with E-state index >= 15 is 0 Å². The van der Waals surface area contributed by atoms with Crippen molar-refractivity contribution in [1.29, 1.82) is 0 Å². The van der Waals surface area contributed by atoms with Crippen LogP contribution in [0.4, 0.5) is 0 Å². The van der Waals surface area contributed by atoms with Crippen LogP contribution in [0, 0.1) is 0 Å². The number of hydrogen-bond donors (Lipinski definition) is 0. The summed E-state index contributed by atoms with van der Waals surface area (Å²) in [4.78, 5) is 25.2. The van der Waals surface area contributed by atoms with E-state index in [1.165, 1.54) is 66.1 Å². The minimum atomic E-state index is -0.274. The first kappa shape index (κ1) is 27.8. The van der Waals surface area contributed by atoms with E-state index in [2.05, 4.69) is 10.2 Å². The number of ketones is 2. The van der Waals surface area contributed by atoms with E-state index < -0.39 is 0 Å². The second-order valence-corrected chi connectivity index (χ2v) is 9.79. The molecular formula is C28H26N2O10S. The van der Waals surface area contributed by atoms with Gasteiger partial charge in [-0.1, -0.05) is 11.3 Å². The number of hydrogen-bond acceptors (Lipinski definition) is 13. The number of fused-ring (bicyclic) bond motifs is 2. The molecule has 0 amide bonds. The molecule has 0 saturated heterocycles. The van der Waals surface area contributed by atoms with E-state index in [1.807, 2.05) is 0 Å². The third-order valence-corrected chi connectivity index (χ3v) is 7.13. The Labute approximate surface area is 237 Å². The van der Waals surface area contributed by atoms with Crippen LogP contribution < -0.4 is 28.4 Å². The number of furan rings is 2. The molecule has 0 saturated carbocycles. The minimum Gasteiger partial charge on any atom is -0.495 e. The summed E-state index contributed by atoms with van der Waals surface area (Å²) >= 11 is 1.22. The van der Waals surface area contributed by atoms with E-state index in [1.54, 1.807) is 12.1 Å². The topological polar surface area (TPSA) is 142 Å². The van der Waals surface area contributed by atoms with Gasteiger partial charge < -0.3 is 37.3 Å². The van der Waals surface area contributed by atoms with E-state index in [9.17, 15) is 9.59 Å². The van der Waals surface area contributed by atoms with Crippen molar-refractivity contribution < 1.29 is 46.8 Å². The van der Waals surface area contributed by atoms with E-state index in [4.69, 9.17) is 37.3 Å². The van der Waals surface area contributed by atoms with Gasteiger partial charge in [0.2, 0.25) is 11.5 Å². The van der Waals surface area contributed by atoms with Crippen molar-refractivity contribution >= 4 is 44.8 Å². The predicted molar refractivity (Wildman–Crippen MR) is 147 cm³/mol. The quantitative estimate of drug-likeness (QED) is 0.168. The van der Waals surface area contributed by atoms with Gasteiger partial charge in [0.1, 0.15) is 35.8 Å². The number of carbonyl (C=O) groups excluding carboxylic acids is 2. The fourth-order valence-electron chi connectivity index (χ4n) is 4.62. The molecule has 0 spiro atoms. The number of methoxy groups -OCH3 is 4. The van der Waals surface area contributed by atoms with Gasteiger partial charge in [0.15, 0.2) is 44.2 Å². The van der Waals surface area contributed by atoms with Gasteiger partial charge in [-0.2, -0.15) is 0 Å². The maximum Gasteiger partial charge on any atom is 0.205 e. The largest absolute Gasteiger partial charge is 0.495 e. The number of nitrogens with zero attached hydrogens (tertiary/aromatic N) is 2. The number of Topliss-reactive ketones (excluding diaryl/α,β-unsaturated/α-hetero) is 2. The van der Waals surface area contributed by atoms with Gasteiger partial charge in [-0.05, 0) is 26.0 Å². The zero-order chi connectivity index (χ0) is 29.3. The fourth-order valence-corrected chi connectivity index (χ4v) is 5.29. The summed E-state index contributed by atoms with van der Waals surface area (Å²) in [5.74, 6) is 0.951. The summed E-state index contributed by atoms with van der Waals surface area (Å²) in [6.07, 6.45) is 2.96. The molecule has 0 aliphatic rings. The number of ether oxygens (including phenoxy) is 6. The van der Waals surface area contributed by atoms with Gasteiger partial charge in [0, 0.05) is 0 Å². The van der Waals surface area contributed by atoms with Crippen molar-refractivity contribution in [3.63, 3.8) is 0 Å². The molecule has 3 heterocycles. The number of benzene rings is 2. The van der Waals surface area contributed by atoms with Crippen LogP contribution in [-0.4, -0.2) is 50.2 Å². The molecule has 41 heavy (non-hydrogen) atoms. The van der Waals surface area contributed by atoms with Crippen LogP contribution in [0.5, 0.6) is 34.5 Å². The van der Waals surface area contributed by atoms with Gasteiger partial charge in [0.25, 0.3) is 0 Å². The lowest BCUT2D eigenvalue weighted by atomic mass is 10.0. The molecule has 0 atom stereocenters. The molecule has 214 valence electrons. The van der Waals surface area contributed by atoms with Gasteiger partial charge >= 0.3 is 0 Å². The van der Waals surface area contributed by atoms with E-state index in [0.717, 1.165) is 0 Å². The third kappa shape index (κ3) is 4.78. The molecule has 0 unspecified atom stereocenters. The zero-order valence-electron chi connectivity index (χ0n) is 23.1. The van der Waals surface area contributed by atoms with Crippen LogP contribution in [0.3, 0.4) is 0 Å². The summed E-state index contributed by atoms with van der Waals surface area (Å²) in [7, 11) is 5.85. The molecule has 13 heteroatoms. The molecule has 0 radical (unpaired) electrons. The van der Waals surface area contributed by atoms with Crippen LogP contribution in [0.15, 0.2) is 33.5 Å². The molecule has 5 aromatic rings. The highest BCUT2D eigenvalue weighted by Gasteiger charge is 2.29. The monoisotopic (exact) mass is 582 g/mol. The fraction of sp³-hybridized carbons (Fsp3) is 0.286. The van der Waals surface area contributed by atoms with E-state index in [0.29, 0.717) is 43.5 Å². The highest BCUT2D eigenvalue weighted by atomic mass is 32.1. The molecule has 12 nitrogen and oxygen atoms in total. The number of aromatic nitrogens is 2. The second-order valence-electron chi connectivity index (χ2n) is 8.65. The summed E-state index contributed by atoms with van der Waals surface area (Å²) in [5, 5.41) is 10.5. The highest BCUT2D eigenvalue weighted by Crippen LogP contribution is 2.48. The Morgan fingerprint density at radius 3 is 1.39 bits per heavy atom. The van der Waals surface area contributed by atoms with Crippen LogP contribution in [-0.2, 0) is 13.2 Å². The maximum absolute atomic E-state index is 12.6. The summed E-state index contributed by atoms with van der Waals surface area (Å²) in [5.41, 5.74) is 1.21. The molecule has 0 aliphatic heterocycles. The molecule has 5 rings (SSSR count). The van der Waals surface area contributed by atoms with Crippen LogP contribution in [0.2, 0.25) is 0 Å². The first-order chi connectivity index (χ1) is 19.8. The van der Waals surface area contributed by atoms with Crippen molar-refractivity contribution in [3.8, 4) is 34.5 Å². The van der Waals surface area contributed by atoms with Crippen molar-refractivity contribution in [3.05, 3.63) is 45.8 Å². The predicted octanol–water partition coefficient (Wildman–Crippen LogP) is 5.63. The molecule has 0 fully saturated rings. The normalized spacial score (nSPS) is 11.1. The third-order valence-electron chi connectivity index (χ3n) is 6.26. The van der Waals surface area contributed by atoms with Crippen LogP contribution >= 0.6 is 11.3 Å². The van der Waals surface area contributed by atoms with Crippen molar-refractivity contribution in [1.82, 2.24) is 10.2 Å². The summed E-state index contributed by atoms with van der Waals surface area (Å²) in [6, 6.07) is 3.38. The summed E-state index contributed by atoms with van der Waals surface area (Å²) in [6.45, 7) is 2.76. The Bertz CT molecular complexity index is 1640. The average molecular weight is 583 g/mol. The molecular weight excluding hydrogens is 556 g/mol. The SMILES string of the molecule is COc1c(C(C)=O)c(OCc2nnc(COc3c(C(C)=O)c(OC)c4ccoc4c3OC)s2)c(OC)c2occc12. The lowest BCUT2D eigenvalue weighted by Gasteiger charge is -2.17. The maximum atomic E-state index is 12.6. The standard InChI is InChI=1S/C28H26N2O10S/c1-13(31)19-21(33-3)15-7-9-37-23(15)27(35-5)25(19)39-11-17-29-30-18(41-17)12-40-26-20(14(2)32)22(34-4)16-8-10-38-24(16)28(26)36-6/h7-10H,11-12H2,1-6H3. The van der Waals surface area contributed by atoms with Gasteiger partial charge in [0.05, 0.1) is 51.7 Å². The Kier molecular flexibility index (Phi) is 7.70. The first-order valence-electron chi connectivity index (χ1n) is 12.2. The van der Waals surface area contributed by atoms with E-state index in [-0.39, 0.29) is 58.9 Å². The molecule has 0 aliphatic carbocycles. The molecule has 3 aromatic heterocycles. The minimum absolute atomic E-state index is 0.0299. The average Bonchev–Trinajstić information content (AvgIpc) is 3.73. The van der Waals surface area contributed by atoms with Crippen molar-refractivity contribution in [2.24, 2.45) is 0 Å². The zero-order valence-corrected chi connectivity index (χ0v) is 23.9. The Balaban J connectivity index is 1.42. The summed E-state index contributed by atoms with van der Waals surface area (Å²) < 4.78 is 45.4. The van der Waals surface area contributed by atoms with Gasteiger partial charge in [-0.25, -0.2) is 0 Å². The van der Waals surface area contributed by atoms with Gasteiger partial charge in [-0.15, -0.1) is 10.2 Å². The Hall–Kier alpha value is -4.78. The van der Waals surface area contributed by atoms with Crippen LogP contribution in [0.25, 0.3) is 21.9 Å². The highest BCUT2D eigenvalue weighted by molar-refractivity contribution is 7.11. The molecule has 0 bridgehead atoms. The van der Waals surface area contributed by atoms with Crippen molar-refractivity contribution in [2.75, 3.05) is 28.4 Å². The lowest BCUT2D eigenvalue weighted by molar-refractivity contribution is 0.0996. The Morgan fingerprint density at radius 1 is 0.659 bits per heavy atom. The first-order valence-corrected chi connectivity index (χ1v) is 13.0. The van der Waals surface area contributed by atoms with Crippen LogP contribution in [0.1, 0.15) is 44.6 Å². The Morgan fingerprint density at radius 2 is 1.05 bits per heavy atom. The molecule has 0 N–H and O–H groups in total. The lowest BCUT2D eigenvalue weighted by Crippen LogP contribution is -2.06. The second kappa shape index (κ2) is 11.4. The number of carbonyl (C=O) groups is 2. The number of rotatable bonds is 12. The van der Waals surface area contributed by atoms with Gasteiger partial charge in [-0.3, -0.25) is 9.59 Å².